The zero-order chi connectivity index (χ0) is 21.0. The minimum Gasteiger partial charge on any atom is -0.484 e. The molecule has 154 valence electrons. The number of aromatic nitrogens is 4. The highest BCUT2D eigenvalue weighted by atomic mass is 18.2. The van der Waals surface area contributed by atoms with Crippen molar-refractivity contribution in [2.24, 2.45) is 0 Å². The lowest BCUT2D eigenvalue weighted by molar-refractivity contribution is 0.267. The van der Waals surface area contributed by atoms with Crippen LogP contribution >= 0.6 is 0 Å². The van der Waals surface area contributed by atoms with Gasteiger partial charge in [-0.25, -0.2) is 9.37 Å². The van der Waals surface area contributed by atoms with Gasteiger partial charge in [-0.2, -0.15) is 5.10 Å². The number of ether oxygens (including phenoxy) is 1. The first-order valence-corrected chi connectivity index (χ1v) is 9.91. The van der Waals surface area contributed by atoms with Crippen molar-refractivity contribution in [3.63, 3.8) is 0 Å². The third kappa shape index (κ3) is 4.02. The largest absolute Gasteiger partial charge is 0.484 e. The number of nitrogens with zero attached hydrogens (tertiary/aromatic N) is 4. The number of fused-ring (bicyclic) bond motifs is 1. The van der Waals surface area contributed by atoms with Crippen LogP contribution in [0.2, 0.25) is 0 Å². The average molecular weight is 413 g/mol. The second-order valence-electron chi connectivity index (χ2n) is 6.97. The summed E-state index contributed by atoms with van der Waals surface area (Å²) in [7, 11) is 0. The number of alkyl halides is 1. The van der Waals surface area contributed by atoms with Crippen molar-refractivity contribution in [3.05, 3.63) is 85.1 Å². The number of para-hydroxylation sites is 2. The normalized spacial score (nSPS) is 11.1. The molecule has 0 aliphatic carbocycles. The van der Waals surface area contributed by atoms with E-state index in [9.17, 15) is 4.39 Å². The van der Waals surface area contributed by atoms with Gasteiger partial charge in [0.25, 0.3) is 0 Å². The first-order valence-electron chi connectivity index (χ1n) is 9.91. The highest BCUT2D eigenvalue weighted by Crippen LogP contribution is 2.32. The van der Waals surface area contributed by atoms with E-state index in [1.165, 1.54) is 0 Å². The van der Waals surface area contributed by atoms with Crippen molar-refractivity contribution in [2.45, 2.75) is 13.2 Å². The fraction of sp³-hybridized carbons (Fsp3) is 0.125. The maximum absolute atomic E-state index is 12.9. The molecule has 3 heterocycles. The second kappa shape index (κ2) is 8.39. The molecule has 6 nitrogen and oxygen atoms in total. The Bertz CT molecular complexity index is 1260. The van der Waals surface area contributed by atoms with Crippen molar-refractivity contribution in [2.75, 3.05) is 6.67 Å². The molecule has 0 aliphatic heterocycles. The highest BCUT2D eigenvalue weighted by molar-refractivity contribution is 5.80. The molecular formula is C24H19FN4O2. The van der Waals surface area contributed by atoms with Crippen LogP contribution in [0.4, 0.5) is 4.39 Å². The smallest absolute Gasteiger partial charge is 0.233 e. The number of halogens is 1. The van der Waals surface area contributed by atoms with Gasteiger partial charge in [0, 0.05) is 29.7 Å². The van der Waals surface area contributed by atoms with Crippen LogP contribution in [0.15, 0.2) is 83.7 Å². The Labute approximate surface area is 177 Å². The number of hydrogen-bond acceptors (Lipinski definition) is 5. The predicted octanol–water partition coefficient (Wildman–Crippen LogP) is 5.30. The van der Waals surface area contributed by atoms with Gasteiger partial charge in [0.2, 0.25) is 5.89 Å². The van der Waals surface area contributed by atoms with Crippen molar-refractivity contribution >= 4 is 11.1 Å². The second-order valence-corrected chi connectivity index (χ2v) is 6.97. The van der Waals surface area contributed by atoms with Crippen LogP contribution in [0.5, 0.6) is 5.75 Å². The minimum absolute atomic E-state index is 0.212. The van der Waals surface area contributed by atoms with E-state index in [0.29, 0.717) is 11.6 Å². The summed E-state index contributed by atoms with van der Waals surface area (Å²) in [6.07, 6.45) is 5.32. The van der Waals surface area contributed by atoms with Crippen LogP contribution in [0, 0.1) is 0 Å². The van der Waals surface area contributed by atoms with Gasteiger partial charge in [0.05, 0.1) is 6.54 Å². The van der Waals surface area contributed by atoms with Crippen LogP contribution in [0.25, 0.3) is 33.5 Å². The Hall–Kier alpha value is -4.00. The predicted molar refractivity (Wildman–Crippen MR) is 115 cm³/mol. The Morgan fingerprint density at radius 3 is 2.52 bits per heavy atom. The van der Waals surface area contributed by atoms with Crippen LogP contribution in [0.3, 0.4) is 0 Å². The summed E-state index contributed by atoms with van der Waals surface area (Å²) in [4.78, 5) is 8.49. The fourth-order valence-electron chi connectivity index (χ4n) is 3.41. The van der Waals surface area contributed by atoms with E-state index in [2.05, 4.69) is 15.1 Å². The molecule has 7 heteroatoms. The van der Waals surface area contributed by atoms with Crippen LogP contribution < -0.4 is 4.74 Å². The van der Waals surface area contributed by atoms with Gasteiger partial charge in [-0.1, -0.05) is 12.1 Å². The molecule has 0 N–H and O–H groups in total. The van der Waals surface area contributed by atoms with Gasteiger partial charge in [0.1, 0.15) is 23.6 Å². The van der Waals surface area contributed by atoms with Crippen molar-refractivity contribution in [3.8, 4) is 28.1 Å². The molecule has 2 aromatic carbocycles. The van der Waals surface area contributed by atoms with E-state index in [1.807, 2.05) is 66.9 Å². The van der Waals surface area contributed by atoms with E-state index in [-0.39, 0.29) is 13.2 Å². The first-order chi connectivity index (χ1) is 15.3. The van der Waals surface area contributed by atoms with Gasteiger partial charge < -0.3 is 9.15 Å². The minimum atomic E-state index is -0.473. The number of hydrogen-bond donors (Lipinski definition) is 0. The molecule has 0 atom stereocenters. The molecule has 0 spiro atoms. The van der Waals surface area contributed by atoms with Gasteiger partial charge >= 0.3 is 0 Å². The monoisotopic (exact) mass is 413 g/mol. The lowest BCUT2D eigenvalue weighted by Gasteiger charge is -2.06. The molecule has 0 amide bonds. The van der Waals surface area contributed by atoms with E-state index >= 15 is 0 Å². The number of benzene rings is 2. The first kappa shape index (κ1) is 19.0. The fourth-order valence-corrected chi connectivity index (χ4v) is 3.41. The quantitative estimate of drug-likeness (QED) is 0.362. The zero-order valence-electron chi connectivity index (χ0n) is 16.6. The molecule has 3 aromatic heterocycles. The Morgan fingerprint density at radius 2 is 1.74 bits per heavy atom. The summed E-state index contributed by atoms with van der Waals surface area (Å²) in [6.45, 7) is -0.0231. The summed E-state index contributed by atoms with van der Waals surface area (Å²) < 4.78 is 26.0. The van der Waals surface area contributed by atoms with Gasteiger partial charge in [0.15, 0.2) is 12.2 Å². The topological polar surface area (TPSA) is 66.0 Å². The summed E-state index contributed by atoms with van der Waals surface area (Å²) in [5.74, 6) is 1.22. The van der Waals surface area contributed by atoms with Crippen LogP contribution in [0.1, 0.15) is 5.89 Å². The van der Waals surface area contributed by atoms with Crippen molar-refractivity contribution < 1.29 is 13.5 Å². The molecule has 0 bridgehead atoms. The molecule has 0 saturated carbocycles. The van der Waals surface area contributed by atoms with Crippen molar-refractivity contribution in [1.82, 2.24) is 19.7 Å². The molecule has 5 rings (SSSR count). The molecule has 0 fully saturated rings. The third-order valence-electron chi connectivity index (χ3n) is 4.89. The number of rotatable bonds is 7. The third-order valence-corrected chi connectivity index (χ3v) is 4.89. The number of oxazole rings is 1. The zero-order valence-corrected chi connectivity index (χ0v) is 16.6. The molecule has 5 aromatic rings. The summed E-state index contributed by atoms with van der Waals surface area (Å²) in [5, 5.41) is 4.58. The molecule has 0 unspecified atom stereocenters. The maximum atomic E-state index is 12.9. The summed E-state index contributed by atoms with van der Waals surface area (Å²) >= 11 is 0. The molecule has 0 saturated heterocycles. The van der Waals surface area contributed by atoms with E-state index in [4.69, 9.17) is 9.15 Å². The Balaban J connectivity index is 1.37. The molecule has 31 heavy (non-hydrogen) atoms. The van der Waals surface area contributed by atoms with E-state index in [1.54, 1.807) is 17.1 Å². The average Bonchev–Trinajstić information content (AvgIpc) is 3.43. The summed E-state index contributed by atoms with van der Waals surface area (Å²) in [5.41, 5.74) is 5.15. The maximum Gasteiger partial charge on any atom is 0.233 e. The number of aryl methyl sites for hydroxylation is 1. The molecule has 0 aliphatic rings. The van der Waals surface area contributed by atoms with E-state index in [0.717, 1.165) is 33.5 Å². The molecular weight excluding hydrogens is 394 g/mol. The van der Waals surface area contributed by atoms with Gasteiger partial charge in [-0.15, -0.1) is 0 Å². The Kier molecular flexibility index (Phi) is 5.14. The SMILES string of the molecule is [18F]CCn1cc(-c2ccncc2)c(-c2ccc(OCc3nc4ccccc4o3)cc2)n1. The van der Waals surface area contributed by atoms with E-state index < -0.39 is 6.67 Å². The highest BCUT2D eigenvalue weighted by Gasteiger charge is 2.14. The van der Waals surface area contributed by atoms with Gasteiger partial charge in [-0.05, 0) is 54.1 Å². The van der Waals surface area contributed by atoms with Crippen LogP contribution in [-0.2, 0) is 13.2 Å². The lowest BCUT2D eigenvalue weighted by Crippen LogP contribution is -1.99. The van der Waals surface area contributed by atoms with Crippen LogP contribution in [-0.4, -0.2) is 26.4 Å². The van der Waals surface area contributed by atoms with Gasteiger partial charge in [-0.3, -0.25) is 9.67 Å². The number of pyridine rings is 1. The summed E-state index contributed by atoms with van der Waals surface area (Å²) in [6, 6.07) is 19.1. The lowest BCUT2D eigenvalue weighted by atomic mass is 10.0. The van der Waals surface area contributed by atoms with Crippen molar-refractivity contribution in [1.29, 1.82) is 0 Å². The molecule has 0 radical (unpaired) electrons. The Morgan fingerprint density at radius 1 is 0.935 bits per heavy atom. The standard InChI is InChI=1S/C24H19FN4O2/c25-11-14-29-15-20(17-9-12-26-13-10-17)24(28-29)18-5-7-19(8-6-18)30-16-23-27-21-3-1-2-4-22(21)31-23/h1-10,12-13,15H,11,14,16H2/i25-1.